The molecule has 0 spiro atoms. The first kappa shape index (κ1) is 22.8. The lowest BCUT2D eigenvalue weighted by Crippen LogP contribution is -2.41. The Morgan fingerprint density at radius 2 is 1.91 bits per heavy atom. The van der Waals surface area contributed by atoms with Crippen molar-refractivity contribution in [1.29, 1.82) is 0 Å². The predicted molar refractivity (Wildman–Crippen MR) is 124 cm³/mol. The Morgan fingerprint density at radius 3 is 2.62 bits per heavy atom. The van der Waals surface area contributed by atoms with Gasteiger partial charge in [-0.15, -0.1) is 0 Å². The Labute approximate surface area is 190 Å². The van der Waals surface area contributed by atoms with Gasteiger partial charge in [-0.25, -0.2) is 0 Å². The lowest BCUT2D eigenvalue weighted by molar-refractivity contribution is -0.00221. The SMILES string of the molecule is CC(CO)Cc1cccc2c1O[C@H]1C[C@@H](O)[C@H](/C=C/[C@@H](O)C(C)(C)Oc3ccccc3)[C@@H]21. The molecule has 1 fully saturated rings. The first-order valence-electron chi connectivity index (χ1n) is 11.5. The van der Waals surface area contributed by atoms with Gasteiger partial charge in [0.2, 0.25) is 0 Å². The van der Waals surface area contributed by atoms with E-state index in [1.54, 1.807) is 6.08 Å². The molecule has 0 saturated heterocycles. The standard InChI is InChI=1S/C27H34O5/c1-17(16-28)14-18-8-7-11-21-25-20(22(29)15-23(25)31-26(18)21)12-13-24(30)27(2,3)32-19-9-5-4-6-10-19/h4-13,17,20,22-25,28-30H,14-16H2,1-3H3/b13-12+/t17?,20-,22+,23-,24+,25-/m0/s1. The van der Waals surface area contributed by atoms with Crippen LogP contribution in [0.1, 0.15) is 44.2 Å². The third-order valence-electron chi connectivity index (χ3n) is 6.72. The minimum absolute atomic E-state index is 0.0472. The van der Waals surface area contributed by atoms with Crippen molar-refractivity contribution in [2.24, 2.45) is 11.8 Å². The Hall–Kier alpha value is -2.34. The molecule has 1 unspecified atom stereocenters. The van der Waals surface area contributed by atoms with Gasteiger partial charge in [-0.2, -0.15) is 0 Å². The predicted octanol–water partition coefficient (Wildman–Crippen LogP) is 3.86. The first-order valence-corrected chi connectivity index (χ1v) is 11.5. The average molecular weight is 439 g/mol. The van der Waals surface area contributed by atoms with Gasteiger partial charge in [-0.05, 0) is 43.9 Å². The van der Waals surface area contributed by atoms with Crippen LogP contribution in [0.5, 0.6) is 11.5 Å². The van der Waals surface area contributed by atoms with E-state index >= 15 is 0 Å². The summed E-state index contributed by atoms with van der Waals surface area (Å²) in [5.41, 5.74) is 1.39. The fourth-order valence-corrected chi connectivity index (χ4v) is 4.89. The highest BCUT2D eigenvalue weighted by molar-refractivity contribution is 5.49. The fraction of sp³-hybridized carbons (Fsp3) is 0.481. The zero-order chi connectivity index (χ0) is 22.9. The van der Waals surface area contributed by atoms with Crippen molar-refractivity contribution in [1.82, 2.24) is 0 Å². The second-order valence-corrected chi connectivity index (χ2v) is 9.74. The number of aliphatic hydroxyl groups excluding tert-OH is 3. The number of hydrogen-bond acceptors (Lipinski definition) is 5. The van der Waals surface area contributed by atoms with Gasteiger partial charge in [0.25, 0.3) is 0 Å². The number of aliphatic hydroxyl groups is 3. The maximum Gasteiger partial charge on any atom is 0.133 e. The molecule has 5 nitrogen and oxygen atoms in total. The molecule has 1 saturated carbocycles. The highest BCUT2D eigenvalue weighted by atomic mass is 16.5. The van der Waals surface area contributed by atoms with Gasteiger partial charge < -0.3 is 24.8 Å². The molecular formula is C27H34O5. The summed E-state index contributed by atoms with van der Waals surface area (Å²) in [6.07, 6.45) is 3.54. The van der Waals surface area contributed by atoms with Crippen molar-refractivity contribution < 1.29 is 24.8 Å². The smallest absolute Gasteiger partial charge is 0.133 e. The summed E-state index contributed by atoms with van der Waals surface area (Å²) in [6.45, 7) is 5.86. The van der Waals surface area contributed by atoms with Gasteiger partial charge in [0.05, 0.1) is 6.10 Å². The Balaban J connectivity index is 1.52. The molecule has 1 aliphatic carbocycles. The summed E-state index contributed by atoms with van der Waals surface area (Å²) in [5.74, 6) is 1.67. The van der Waals surface area contributed by atoms with E-state index < -0.39 is 17.8 Å². The summed E-state index contributed by atoms with van der Waals surface area (Å²) >= 11 is 0. The lowest BCUT2D eigenvalue weighted by Gasteiger charge is -2.30. The van der Waals surface area contributed by atoms with Crippen molar-refractivity contribution in [3.63, 3.8) is 0 Å². The number of hydrogen-bond donors (Lipinski definition) is 3. The number of ether oxygens (including phenoxy) is 2. The van der Waals surface area contributed by atoms with E-state index in [9.17, 15) is 15.3 Å². The van der Waals surface area contributed by atoms with Crippen LogP contribution in [0.3, 0.4) is 0 Å². The van der Waals surface area contributed by atoms with E-state index in [1.807, 2.05) is 63.2 Å². The van der Waals surface area contributed by atoms with Gasteiger partial charge in [0.1, 0.15) is 29.3 Å². The van der Waals surface area contributed by atoms with Gasteiger partial charge in [0.15, 0.2) is 0 Å². The number of rotatable bonds is 8. The summed E-state index contributed by atoms with van der Waals surface area (Å²) in [6, 6.07) is 15.6. The van der Waals surface area contributed by atoms with Crippen LogP contribution in [-0.4, -0.2) is 45.8 Å². The molecule has 5 heteroatoms. The number of fused-ring (bicyclic) bond motifs is 3. The number of para-hydroxylation sites is 2. The van der Waals surface area contributed by atoms with E-state index in [4.69, 9.17) is 9.47 Å². The second-order valence-electron chi connectivity index (χ2n) is 9.74. The Morgan fingerprint density at radius 1 is 1.16 bits per heavy atom. The van der Waals surface area contributed by atoms with E-state index in [2.05, 4.69) is 12.1 Å². The maximum atomic E-state index is 10.8. The molecule has 32 heavy (non-hydrogen) atoms. The third kappa shape index (κ3) is 4.56. The summed E-state index contributed by atoms with van der Waals surface area (Å²) < 4.78 is 12.3. The van der Waals surface area contributed by atoms with Crippen LogP contribution in [0.15, 0.2) is 60.7 Å². The molecule has 6 atom stereocenters. The van der Waals surface area contributed by atoms with Crippen LogP contribution in [0.4, 0.5) is 0 Å². The number of benzene rings is 2. The van der Waals surface area contributed by atoms with Crippen molar-refractivity contribution in [2.75, 3.05) is 6.61 Å². The molecule has 1 aliphatic heterocycles. The first-order chi connectivity index (χ1) is 15.3. The lowest BCUT2D eigenvalue weighted by atomic mass is 9.85. The minimum Gasteiger partial charge on any atom is -0.489 e. The van der Waals surface area contributed by atoms with Gasteiger partial charge >= 0.3 is 0 Å². The molecule has 0 bridgehead atoms. The van der Waals surface area contributed by atoms with Crippen LogP contribution < -0.4 is 9.47 Å². The van der Waals surface area contributed by atoms with E-state index in [1.165, 1.54) is 0 Å². The monoisotopic (exact) mass is 438 g/mol. The molecule has 2 aliphatic rings. The van der Waals surface area contributed by atoms with Crippen molar-refractivity contribution in [3.05, 3.63) is 71.8 Å². The second kappa shape index (κ2) is 9.26. The summed E-state index contributed by atoms with van der Waals surface area (Å²) in [5, 5.41) is 31.0. The molecule has 0 aromatic heterocycles. The molecule has 2 aromatic rings. The van der Waals surface area contributed by atoms with Crippen LogP contribution in [-0.2, 0) is 6.42 Å². The van der Waals surface area contributed by atoms with Gasteiger partial charge in [-0.1, -0.05) is 55.5 Å². The molecule has 2 aromatic carbocycles. The van der Waals surface area contributed by atoms with Gasteiger partial charge in [0, 0.05) is 30.4 Å². The van der Waals surface area contributed by atoms with Crippen molar-refractivity contribution in [3.8, 4) is 11.5 Å². The Bertz CT molecular complexity index is 938. The quantitative estimate of drug-likeness (QED) is 0.546. The zero-order valence-electron chi connectivity index (χ0n) is 19.0. The summed E-state index contributed by atoms with van der Waals surface area (Å²) in [7, 11) is 0. The van der Waals surface area contributed by atoms with Crippen molar-refractivity contribution >= 4 is 0 Å². The van der Waals surface area contributed by atoms with E-state index in [-0.39, 0.29) is 30.5 Å². The fourth-order valence-electron chi connectivity index (χ4n) is 4.89. The van der Waals surface area contributed by atoms with Crippen molar-refractivity contribution in [2.45, 2.75) is 63.4 Å². The highest BCUT2D eigenvalue weighted by Crippen LogP contribution is 2.52. The topological polar surface area (TPSA) is 79.2 Å². The molecule has 172 valence electrons. The highest BCUT2D eigenvalue weighted by Gasteiger charge is 2.49. The molecule has 4 rings (SSSR count). The molecule has 3 N–H and O–H groups in total. The summed E-state index contributed by atoms with van der Waals surface area (Å²) in [4.78, 5) is 0. The molecular weight excluding hydrogens is 404 g/mol. The van der Waals surface area contributed by atoms with E-state index in [0.29, 0.717) is 12.2 Å². The largest absolute Gasteiger partial charge is 0.489 e. The average Bonchev–Trinajstić information content (AvgIpc) is 3.27. The minimum atomic E-state index is -0.840. The van der Waals surface area contributed by atoms with Crippen LogP contribution in [0.25, 0.3) is 0 Å². The van der Waals surface area contributed by atoms with E-state index in [0.717, 1.165) is 23.3 Å². The zero-order valence-corrected chi connectivity index (χ0v) is 19.0. The normalized spacial score (nSPS) is 26.4. The van der Waals surface area contributed by atoms with Crippen LogP contribution in [0.2, 0.25) is 0 Å². The molecule has 1 heterocycles. The third-order valence-corrected chi connectivity index (χ3v) is 6.72. The maximum absolute atomic E-state index is 10.8. The van der Waals surface area contributed by atoms with Crippen LogP contribution in [0, 0.1) is 11.8 Å². The van der Waals surface area contributed by atoms with Gasteiger partial charge in [-0.3, -0.25) is 0 Å². The molecule has 0 radical (unpaired) electrons. The Kier molecular flexibility index (Phi) is 6.61. The van der Waals surface area contributed by atoms with Crippen LogP contribution >= 0.6 is 0 Å². The molecule has 0 amide bonds.